The first kappa shape index (κ1) is 15.9. The summed E-state index contributed by atoms with van der Waals surface area (Å²) in [5.41, 5.74) is 0.189. The molecule has 1 aromatic heterocycles. The van der Waals surface area contributed by atoms with Gasteiger partial charge in [0.1, 0.15) is 6.04 Å². The minimum absolute atomic E-state index is 0.0946. The summed E-state index contributed by atoms with van der Waals surface area (Å²) in [5.74, 6) is -0.147. The molecule has 2 N–H and O–H groups in total. The molecular formula is C13H20N4O3. The highest BCUT2D eigenvalue weighted by Gasteiger charge is 2.23. The van der Waals surface area contributed by atoms with Crippen molar-refractivity contribution in [1.29, 1.82) is 0 Å². The molecule has 0 radical (unpaired) electrons. The van der Waals surface area contributed by atoms with Gasteiger partial charge in [-0.1, -0.05) is 0 Å². The van der Waals surface area contributed by atoms with Gasteiger partial charge in [-0.3, -0.25) is 14.9 Å². The van der Waals surface area contributed by atoms with Crippen molar-refractivity contribution in [2.75, 3.05) is 5.32 Å². The number of nitro groups is 1. The predicted molar refractivity (Wildman–Crippen MR) is 76.6 cm³/mol. The molecule has 0 bridgehead atoms. The van der Waals surface area contributed by atoms with Crippen LogP contribution in [0.4, 0.5) is 11.5 Å². The van der Waals surface area contributed by atoms with Crippen LogP contribution >= 0.6 is 0 Å². The Balaban J connectivity index is 2.88. The molecule has 0 aromatic carbocycles. The maximum atomic E-state index is 11.9. The lowest BCUT2D eigenvalue weighted by atomic mass is 10.1. The van der Waals surface area contributed by atoms with E-state index < -0.39 is 11.0 Å². The number of aryl methyl sites for hydroxylation is 1. The van der Waals surface area contributed by atoms with Crippen LogP contribution in [-0.4, -0.2) is 27.4 Å². The minimum atomic E-state index is -0.622. The quantitative estimate of drug-likeness (QED) is 0.649. The lowest BCUT2D eigenvalue weighted by molar-refractivity contribution is -0.384. The number of hydrogen-bond acceptors (Lipinski definition) is 5. The van der Waals surface area contributed by atoms with E-state index in [1.807, 2.05) is 20.8 Å². The number of nitrogens with zero attached hydrogens (tertiary/aromatic N) is 2. The van der Waals surface area contributed by atoms with E-state index in [0.29, 0.717) is 5.56 Å². The van der Waals surface area contributed by atoms with Gasteiger partial charge in [0.2, 0.25) is 11.7 Å². The second-order valence-corrected chi connectivity index (χ2v) is 5.74. The van der Waals surface area contributed by atoms with Crippen LogP contribution in [0.3, 0.4) is 0 Å². The smallest absolute Gasteiger partial charge is 0.311 e. The number of pyridine rings is 1. The third-order valence-corrected chi connectivity index (χ3v) is 2.45. The summed E-state index contributed by atoms with van der Waals surface area (Å²) in [6.07, 6.45) is 1.52. The Bertz CT molecular complexity index is 523. The molecule has 1 atom stereocenters. The van der Waals surface area contributed by atoms with Crippen LogP contribution < -0.4 is 10.6 Å². The molecule has 7 heteroatoms. The molecule has 20 heavy (non-hydrogen) atoms. The molecule has 0 fully saturated rings. The number of carbonyl (C=O) groups excluding carboxylic acids is 1. The normalized spacial score (nSPS) is 12.7. The van der Waals surface area contributed by atoms with E-state index >= 15 is 0 Å². The van der Waals surface area contributed by atoms with E-state index in [1.165, 1.54) is 12.3 Å². The summed E-state index contributed by atoms with van der Waals surface area (Å²) in [7, 11) is 0. The number of rotatable bonds is 4. The highest BCUT2D eigenvalue weighted by molar-refractivity contribution is 5.85. The second-order valence-electron chi connectivity index (χ2n) is 5.74. The lowest BCUT2D eigenvalue weighted by Gasteiger charge is -2.23. The average molecular weight is 280 g/mol. The number of amides is 1. The van der Waals surface area contributed by atoms with Crippen molar-refractivity contribution >= 4 is 17.4 Å². The topological polar surface area (TPSA) is 97.2 Å². The Morgan fingerprint density at radius 2 is 2.05 bits per heavy atom. The van der Waals surface area contributed by atoms with Crippen molar-refractivity contribution in [2.45, 2.75) is 46.2 Å². The van der Waals surface area contributed by atoms with Gasteiger partial charge in [0.25, 0.3) is 0 Å². The van der Waals surface area contributed by atoms with E-state index in [0.717, 1.165) is 0 Å². The predicted octanol–water partition coefficient (Wildman–Crippen LogP) is 2.01. The first-order valence-corrected chi connectivity index (χ1v) is 6.30. The van der Waals surface area contributed by atoms with Crippen LogP contribution in [0.1, 0.15) is 33.3 Å². The van der Waals surface area contributed by atoms with Crippen molar-refractivity contribution in [3.05, 3.63) is 27.9 Å². The molecule has 1 heterocycles. The Hall–Kier alpha value is -2.18. The number of aromatic nitrogens is 1. The molecule has 1 amide bonds. The Morgan fingerprint density at radius 3 is 2.55 bits per heavy atom. The Labute approximate surface area is 117 Å². The Morgan fingerprint density at radius 1 is 1.45 bits per heavy atom. The van der Waals surface area contributed by atoms with E-state index in [2.05, 4.69) is 15.6 Å². The van der Waals surface area contributed by atoms with E-state index in [9.17, 15) is 14.9 Å². The molecule has 110 valence electrons. The summed E-state index contributed by atoms with van der Waals surface area (Å²) >= 11 is 0. The summed E-state index contributed by atoms with van der Waals surface area (Å²) in [6.45, 7) is 8.95. The van der Waals surface area contributed by atoms with Gasteiger partial charge in [-0.05, 0) is 40.2 Å². The zero-order chi connectivity index (χ0) is 15.5. The van der Waals surface area contributed by atoms with Crippen molar-refractivity contribution in [3.63, 3.8) is 0 Å². The summed E-state index contributed by atoms with van der Waals surface area (Å²) < 4.78 is 0. The minimum Gasteiger partial charge on any atom is -0.353 e. The van der Waals surface area contributed by atoms with Crippen molar-refractivity contribution in [2.24, 2.45) is 0 Å². The first-order chi connectivity index (χ1) is 9.10. The maximum absolute atomic E-state index is 11.9. The van der Waals surface area contributed by atoms with Crippen LogP contribution in [0.2, 0.25) is 0 Å². The van der Waals surface area contributed by atoms with Crippen LogP contribution in [0.15, 0.2) is 12.3 Å². The molecule has 0 saturated carbocycles. The number of nitrogens with one attached hydrogen (secondary N) is 2. The van der Waals surface area contributed by atoms with Gasteiger partial charge in [0.05, 0.1) is 4.92 Å². The molecule has 0 aliphatic heterocycles. The van der Waals surface area contributed by atoms with Gasteiger partial charge in [-0.25, -0.2) is 4.98 Å². The first-order valence-electron chi connectivity index (χ1n) is 6.30. The van der Waals surface area contributed by atoms with Crippen LogP contribution in [0.25, 0.3) is 0 Å². The summed E-state index contributed by atoms with van der Waals surface area (Å²) in [5, 5.41) is 16.6. The zero-order valence-corrected chi connectivity index (χ0v) is 12.4. The van der Waals surface area contributed by atoms with Gasteiger partial charge in [0, 0.05) is 17.8 Å². The highest BCUT2D eigenvalue weighted by atomic mass is 16.6. The van der Waals surface area contributed by atoms with Crippen molar-refractivity contribution < 1.29 is 9.72 Å². The molecule has 0 aliphatic carbocycles. The average Bonchev–Trinajstić information content (AvgIpc) is 2.28. The summed E-state index contributed by atoms with van der Waals surface area (Å²) in [4.78, 5) is 26.4. The largest absolute Gasteiger partial charge is 0.353 e. The molecule has 1 rings (SSSR count). The molecule has 1 unspecified atom stereocenters. The number of carbonyl (C=O) groups is 1. The standard InChI is InChI=1S/C13H20N4O3/c1-8-6-10(17(19)20)11(14-7-8)15-9(2)12(18)16-13(3,4)5/h6-7,9H,1-5H3,(H,14,15)(H,16,18). The lowest BCUT2D eigenvalue weighted by Crippen LogP contribution is -2.47. The van der Waals surface area contributed by atoms with Gasteiger partial charge >= 0.3 is 5.69 Å². The number of hydrogen-bond donors (Lipinski definition) is 2. The summed E-state index contributed by atoms with van der Waals surface area (Å²) in [6, 6.07) is 0.798. The zero-order valence-electron chi connectivity index (χ0n) is 12.4. The van der Waals surface area contributed by atoms with Gasteiger partial charge in [0.15, 0.2) is 0 Å². The fourth-order valence-corrected chi connectivity index (χ4v) is 1.55. The third-order valence-electron chi connectivity index (χ3n) is 2.45. The van der Waals surface area contributed by atoms with Gasteiger partial charge < -0.3 is 10.6 Å². The SMILES string of the molecule is Cc1cnc(NC(C)C(=O)NC(C)(C)C)c([N+](=O)[O-])c1. The maximum Gasteiger partial charge on any atom is 0.311 e. The molecule has 1 aromatic rings. The fourth-order valence-electron chi connectivity index (χ4n) is 1.55. The number of anilines is 1. The third kappa shape index (κ3) is 4.49. The van der Waals surface area contributed by atoms with E-state index in [1.54, 1.807) is 13.8 Å². The Kier molecular flexibility index (Phi) is 4.65. The molecule has 7 nitrogen and oxygen atoms in total. The van der Waals surface area contributed by atoms with Crippen molar-refractivity contribution in [1.82, 2.24) is 10.3 Å². The monoisotopic (exact) mass is 280 g/mol. The highest BCUT2D eigenvalue weighted by Crippen LogP contribution is 2.23. The molecule has 0 aliphatic rings. The second kappa shape index (κ2) is 5.85. The van der Waals surface area contributed by atoms with Gasteiger partial charge in [-0.15, -0.1) is 0 Å². The molecule has 0 saturated heterocycles. The van der Waals surface area contributed by atoms with E-state index in [4.69, 9.17) is 0 Å². The molecular weight excluding hydrogens is 260 g/mol. The van der Waals surface area contributed by atoms with Gasteiger partial charge in [-0.2, -0.15) is 0 Å². The fraction of sp³-hybridized carbons (Fsp3) is 0.538. The van der Waals surface area contributed by atoms with E-state index in [-0.39, 0.29) is 23.0 Å². The van der Waals surface area contributed by atoms with Crippen LogP contribution in [0.5, 0.6) is 0 Å². The van der Waals surface area contributed by atoms with Crippen LogP contribution in [0, 0.1) is 17.0 Å². The van der Waals surface area contributed by atoms with Crippen molar-refractivity contribution in [3.8, 4) is 0 Å². The molecule has 0 spiro atoms. The van der Waals surface area contributed by atoms with Crippen LogP contribution in [-0.2, 0) is 4.79 Å².